The summed E-state index contributed by atoms with van der Waals surface area (Å²) in [5, 5.41) is 13.3. The van der Waals surface area contributed by atoms with Gasteiger partial charge < -0.3 is 16.2 Å². The van der Waals surface area contributed by atoms with Gasteiger partial charge in [0.1, 0.15) is 5.75 Å². The number of carbonyl (C=O) groups excluding carboxylic acids is 1. The second-order valence-electron chi connectivity index (χ2n) is 5.47. The van der Waals surface area contributed by atoms with Gasteiger partial charge in [-0.1, -0.05) is 30.3 Å². The van der Waals surface area contributed by atoms with Crippen LogP contribution in [0.4, 0.5) is 0 Å². The van der Waals surface area contributed by atoms with Crippen LogP contribution in [0.1, 0.15) is 27.0 Å². The van der Waals surface area contributed by atoms with E-state index in [9.17, 15) is 9.90 Å². The molecule has 0 spiro atoms. The molecule has 0 atom stereocenters. The number of amides is 1. The number of nitrogens with two attached hydrogens (primary N) is 1. The van der Waals surface area contributed by atoms with Crippen molar-refractivity contribution in [2.24, 2.45) is 5.73 Å². The Morgan fingerprint density at radius 1 is 1.19 bits per heavy atom. The number of aromatic hydroxyl groups is 1. The van der Waals surface area contributed by atoms with Crippen LogP contribution < -0.4 is 11.1 Å². The number of nitrogens with one attached hydrogen (secondary N) is 1. The zero-order valence-electron chi connectivity index (χ0n) is 11.7. The van der Waals surface area contributed by atoms with E-state index >= 15 is 0 Å². The summed E-state index contributed by atoms with van der Waals surface area (Å²) in [5.41, 5.74) is 9.08. The molecule has 4 N–H and O–H groups in total. The van der Waals surface area contributed by atoms with Gasteiger partial charge in [-0.3, -0.25) is 4.79 Å². The number of fused-ring (bicyclic) bond motifs is 1. The van der Waals surface area contributed by atoms with E-state index in [-0.39, 0.29) is 11.3 Å². The Kier molecular flexibility index (Phi) is 3.62. The lowest BCUT2D eigenvalue weighted by atomic mass is 10.1. The van der Waals surface area contributed by atoms with Crippen LogP contribution in [0.3, 0.4) is 0 Å². The summed E-state index contributed by atoms with van der Waals surface area (Å²) < 4.78 is 0. The average Bonchev–Trinajstić information content (AvgIpc) is 2.87. The number of hydrogen-bond donors (Lipinski definition) is 3. The van der Waals surface area contributed by atoms with Crippen molar-refractivity contribution in [3.8, 4) is 5.75 Å². The Hall–Kier alpha value is -2.33. The molecule has 1 aliphatic carbocycles. The largest absolute Gasteiger partial charge is 0.507 e. The summed E-state index contributed by atoms with van der Waals surface area (Å²) in [5.74, 6) is -0.672. The first-order chi connectivity index (χ1) is 10.1. The van der Waals surface area contributed by atoms with Gasteiger partial charge in [0, 0.05) is 12.6 Å². The highest BCUT2D eigenvalue weighted by molar-refractivity contribution is 5.95. The zero-order valence-corrected chi connectivity index (χ0v) is 11.7. The van der Waals surface area contributed by atoms with Crippen LogP contribution in [-0.2, 0) is 19.4 Å². The van der Waals surface area contributed by atoms with Crippen molar-refractivity contribution in [3.05, 3.63) is 64.7 Å². The third kappa shape index (κ3) is 2.90. The van der Waals surface area contributed by atoms with Gasteiger partial charge >= 0.3 is 0 Å². The number of phenols is 1. The molecule has 0 aromatic heterocycles. The van der Waals surface area contributed by atoms with Crippen molar-refractivity contribution < 1.29 is 9.90 Å². The average molecular weight is 282 g/mol. The molecule has 1 aliphatic rings. The number of hydrogen-bond acceptors (Lipinski definition) is 3. The van der Waals surface area contributed by atoms with Gasteiger partial charge in [-0.15, -0.1) is 0 Å². The van der Waals surface area contributed by atoms with E-state index in [4.69, 9.17) is 5.73 Å². The number of carbonyl (C=O) groups is 1. The minimum atomic E-state index is -0.613. The standard InChI is InChI=1S/C17H18N2O2/c18-17(21)15-6-5-11(7-16(15)20)10-19-14-8-12-3-1-2-4-13(12)9-14/h1-7,14,19-20H,8-10H2,(H2,18,21). The maximum atomic E-state index is 11.1. The molecule has 0 fully saturated rings. The molecule has 0 saturated carbocycles. The molecule has 0 unspecified atom stereocenters. The smallest absolute Gasteiger partial charge is 0.252 e. The van der Waals surface area contributed by atoms with Gasteiger partial charge in [-0.25, -0.2) is 0 Å². The van der Waals surface area contributed by atoms with Crippen LogP contribution in [0.2, 0.25) is 0 Å². The maximum absolute atomic E-state index is 11.1. The summed E-state index contributed by atoms with van der Waals surface area (Å²) in [7, 11) is 0. The summed E-state index contributed by atoms with van der Waals surface area (Å²) in [6.07, 6.45) is 2.06. The minimum absolute atomic E-state index is 0.0588. The summed E-state index contributed by atoms with van der Waals surface area (Å²) in [4.78, 5) is 11.1. The van der Waals surface area contributed by atoms with Gasteiger partial charge in [0.25, 0.3) is 5.91 Å². The van der Waals surface area contributed by atoms with Gasteiger partial charge in [-0.2, -0.15) is 0 Å². The highest BCUT2D eigenvalue weighted by Gasteiger charge is 2.20. The van der Waals surface area contributed by atoms with Crippen molar-refractivity contribution in [2.45, 2.75) is 25.4 Å². The molecule has 0 bridgehead atoms. The van der Waals surface area contributed by atoms with E-state index in [0.29, 0.717) is 12.6 Å². The highest BCUT2D eigenvalue weighted by atomic mass is 16.3. The predicted molar refractivity (Wildman–Crippen MR) is 81.1 cm³/mol. The van der Waals surface area contributed by atoms with Crippen LogP contribution in [-0.4, -0.2) is 17.1 Å². The first-order valence-corrected chi connectivity index (χ1v) is 7.05. The second kappa shape index (κ2) is 5.58. The molecule has 0 heterocycles. The van der Waals surface area contributed by atoms with Crippen molar-refractivity contribution in [1.82, 2.24) is 5.32 Å². The van der Waals surface area contributed by atoms with Gasteiger partial charge in [-0.05, 0) is 41.7 Å². The highest BCUT2D eigenvalue weighted by Crippen LogP contribution is 2.22. The monoisotopic (exact) mass is 282 g/mol. The molecule has 0 radical (unpaired) electrons. The molecule has 4 heteroatoms. The quantitative estimate of drug-likeness (QED) is 0.799. The van der Waals surface area contributed by atoms with Crippen LogP contribution in [0.15, 0.2) is 42.5 Å². The van der Waals surface area contributed by atoms with Crippen molar-refractivity contribution in [3.63, 3.8) is 0 Å². The van der Waals surface area contributed by atoms with Crippen molar-refractivity contribution in [1.29, 1.82) is 0 Å². The fraction of sp³-hybridized carbons (Fsp3) is 0.235. The van der Waals surface area contributed by atoms with E-state index in [1.807, 2.05) is 6.07 Å². The molecule has 2 aromatic carbocycles. The molecule has 21 heavy (non-hydrogen) atoms. The van der Waals surface area contributed by atoms with Gasteiger partial charge in [0.05, 0.1) is 5.56 Å². The van der Waals surface area contributed by atoms with E-state index in [1.54, 1.807) is 12.1 Å². The van der Waals surface area contributed by atoms with Crippen LogP contribution in [0.25, 0.3) is 0 Å². The Bertz CT molecular complexity index is 657. The predicted octanol–water partition coefficient (Wildman–Crippen LogP) is 1.75. The molecule has 0 saturated heterocycles. The lowest BCUT2D eigenvalue weighted by Gasteiger charge is -2.12. The lowest BCUT2D eigenvalue weighted by Crippen LogP contribution is -2.29. The van der Waals surface area contributed by atoms with E-state index < -0.39 is 5.91 Å². The molecule has 2 aromatic rings. The van der Waals surface area contributed by atoms with Gasteiger partial charge in [0.15, 0.2) is 0 Å². The third-order valence-electron chi connectivity index (χ3n) is 3.97. The molecule has 108 valence electrons. The summed E-state index contributed by atoms with van der Waals surface area (Å²) in [6.45, 7) is 0.658. The fourth-order valence-corrected chi connectivity index (χ4v) is 2.86. The normalized spacial score (nSPS) is 14.1. The molecule has 4 nitrogen and oxygen atoms in total. The molecule has 0 aliphatic heterocycles. The molecular formula is C17H18N2O2. The first kappa shape index (κ1) is 13.6. The van der Waals surface area contributed by atoms with Crippen LogP contribution >= 0.6 is 0 Å². The summed E-state index contributed by atoms with van der Waals surface area (Å²) >= 11 is 0. The van der Waals surface area contributed by atoms with Gasteiger partial charge in [0.2, 0.25) is 0 Å². The van der Waals surface area contributed by atoms with Crippen LogP contribution in [0.5, 0.6) is 5.75 Å². The lowest BCUT2D eigenvalue weighted by molar-refractivity contribution is 0.0998. The second-order valence-corrected chi connectivity index (χ2v) is 5.47. The molecular weight excluding hydrogens is 264 g/mol. The van der Waals surface area contributed by atoms with E-state index in [1.165, 1.54) is 11.1 Å². The minimum Gasteiger partial charge on any atom is -0.507 e. The maximum Gasteiger partial charge on any atom is 0.252 e. The first-order valence-electron chi connectivity index (χ1n) is 7.05. The zero-order chi connectivity index (χ0) is 14.8. The Balaban J connectivity index is 1.62. The van der Waals surface area contributed by atoms with Crippen molar-refractivity contribution in [2.75, 3.05) is 0 Å². The number of rotatable bonds is 4. The topological polar surface area (TPSA) is 75.4 Å². The fourth-order valence-electron chi connectivity index (χ4n) is 2.86. The summed E-state index contributed by atoms with van der Waals surface area (Å²) in [6, 6.07) is 13.9. The Morgan fingerprint density at radius 3 is 2.43 bits per heavy atom. The van der Waals surface area contributed by atoms with E-state index in [0.717, 1.165) is 18.4 Å². The number of benzene rings is 2. The van der Waals surface area contributed by atoms with Crippen LogP contribution in [0, 0.1) is 0 Å². The third-order valence-corrected chi connectivity index (χ3v) is 3.97. The van der Waals surface area contributed by atoms with Crippen molar-refractivity contribution >= 4 is 5.91 Å². The van der Waals surface area contributed by atoms with E-state index in [2.05, 4.69) is 29.6 Å². The molecule has 3 rings (SSSR count). The Morgan fingerprint density at radius 2 is 1.86 bits per heavy atom. The Labute approximate surface area is 123 Å². The SMILES string of the molecule is NC(=O)c1ccc(CNC2Cc3ccccc3C2)cc1O. The number of primary amides is 1. The molecule has 1 amide bonds.